The molecule has 0 saturated heterocycles. The maximum atomic E-state index is 12.8. The molecule has 2 aromatic heterocycles. The molecule has 0 saturated carbocycles. The zero-order valence-corrected chi connectivity index (χ0v) is 11.4. The van der Waals surface area contributed by atoms with Gasteiger partial charge in [0.05, 0.1) is 13.1 Å². The monoisotopic (exact) mass is 301 g/mol. The molecule has 0 aliphatic carbocycles. The fourth-order valence-electron chi connectivity index (χ4n) is 2.43. The van der Waals surface area contributed by atoms with E-state index in [4.69, 9.17) is 0 Å². The van der Waals surface area contributed by atoms with Gasteiger partial charge in [-0.1, -0.05) is 0 Å². The maximum absolute atomic E-state index is 12.8. The molecule has 0 fully saturated rings. The van der Waals surface area contributed by atoms with Crippen LogP contribution in [-0.4, -0.2) is 41.0 Å². The first-order valence-corrected chi connectivity index (χ1v) is 6.57. The Morgan fingerprint density at radius 3 is 2.76 bits per heavy atom. The van der Waals surface area contributed by atoms with Crippen molar-refractivity contribution < 1.29 is 13.2 Å². The molecule has 0 N–H and O–H groups in total. The van der Waals surface area contributed by atoms with Crippen molar-refractivity contribution in [1.29, 1.82) is 0 Å². The quantitative estimate of drug-likeness (QED) is 0.843. The lowest BCUT2D eigenvalue weighted by Crippen LogP contribution is -2.35. The minimum Gasteiger partial charge on any atom is -0.305 e. The molecule has 2 aromatic rings. The van der Waals surface area contributed by atoms with E-state index in [1.807, 2.05) is 11.8 Å². The Hall–Kier alpha value is -1.97. The second kappa shape index (κ2) is 5.10. The largest absolute Gasteiger partial charge is 0.451 e. The van der Waals surface area contributed by atoms with Crippen LogP contribution in [0.5, 0.6) is 0 Å². The van der Waals surface area contributed by atoms with E-state index in [1.54, 1.807) is 4.68 Å². The minimum absolute atomic E-state index is 0.220. The van der Waals surface area contributed by atoms with Crippen molar-refractivity contribution in [2.75, 3.05) is 6.54 Å². The van der Waals surface area contributed by atoms with Crippen molar-refractivity contribution in [2.24, 2.45) is 0 Å². The normalized spacial score (nSPS) is 16.2. The lowest BCUT2D eigenvalue weighted by molar-refractivity contribution is -0.148. The second-order valence-electron chi connectivity index (χ2n) is 4.79. The van der Waals surface area contributed by atoms with E-state index in [0.29, 0.717) is 32.0 Å². The maximum Gasteiger partial charge on any atom is 0.451 e. The smallest absolute Gasteiger partial charge is 0.305 e. The Morgan fingerprint density at radius 1 is 1.24 bits per heavy atom. The van der Waals surface area contributed by atoms with Crippen LogP contribution in [-0.2, 0) is 32.4 Å². The van der Waals surface area contributed by atoms with Crippen LogP contribution in [0.15, 0.2) is 6.33 Å². The molecule has 0 spiro atoms. The zero-order valence-electron chi connectivity index (χ0n) is 11.4. The average molecular weight is 301 g/mol. The minimum atomic E-state index is -4.46. The molecule has 3 rings (SSSR count). The Labute approximate surface area is 118 Å². The molecule has 114 valence electrons. The molecule has 0 bridgehead atoms. The fourth-order valence-corrected chi connectivity index (χ4v) is 2.43. The molecule has 0 unspecified atom stereocenters. The van der Waals surface area contributed by atoms with Crippen molar-refractivity contribution in [1.82, 2.24) is 34.4 Å². The predicted octanol–water partition coefficient (Wildman–Crippen LogP) is 0.924. The number of halogens is 3. The van der Waals surface area contributed by atoms with Gasteiger partial charge in [0.1, 0.15) is 18.0 Å². The van der Waals surface area contributed by atoms with Crippen molar-refractivity contribution in [2.45, 2.75) is 39.3 Å². The number of nitrogens with zero attached hydrogens (tertiary/aromatic N) is 7. The van der Waals surface area contributed by atoms with Gasteiger partial charge in [-0.2, -0.15) is 18.3 Å². The third-order valence-corrected chi connectivity index (χ3v) is 3.45. The summed E-state index contributed by atoms with van der Waals surface area (Å²) in [5.74, 6) is 0.200. The van der Waals surface area contributed by atoms with Crippen LogP contribution in [0.2, 0.25) is 0 Å². The number of hydrogen-bond acceptors (Lipinski definition) is 5. The number of aromatic nitrogens is 6. The number of aryl methyl sites for hydroxylation is 1. The lowest BCUT2D eigenvalue weighted by Gasteiger charge is -2.27. The summed E-state index contributed by atoms with van der Waals surface area (Å²) >= 11 is 0. The predicted molar refractivity (Wildman–Crippen MR) is 64.8 cm³/mol. The third-order valence-electron chi connectivity index (χ3n) is 3.45. The van der Waals surface area contributed by atoms with Gasteiger partial charge < -0.3 is 4.57 Å². The molecule has 0 radical (unpaired) electrons. The first-order valence-electron chi connectivity index (χ1n) is 6.57. The molecule has 1 aliphatic rings. The van der Waals surface area contributed by atoms with Gasteiger partial charge in [-0.15, -0.1) is 10.2 Å². The van der Waals surface area contributed by atoms with E-state index in [1.165, 1.54) is 6.33 Å². The Morgan fingerprint density at radius 2 is 2.05 bits per heavy atom. The van der Waals surface area contributed by atoms with Gasteiger partial charge in [0.2, 0.25) is 5.82 Å². The molecule has 0 atom stereocenters. The summed E-state index contributed by atoms with van der Waals surface area (Å²) in [7, 11) is 0. The Balaban J connectivity index is 1.75. The summed E-state index contributed by atoms with van der Waals surface area (Å²) in [6.07, 6.45) is -2.98. The molecule has 0 aromatic carbocycles. The third kappa shape index (κ3) is 2.62. The highest BCUT2D eigenvalue weighted by Crippen LogP contribution is 2.29. The van der Waals surface area contributed by atoms with Gasteiger partial charge in [0.15, 0.2) is 0 Å². The molecule has 10 heteroatoms. The van der Waals surface area contributed by atoms with E-state index < -0.39 is 12.0 Å². The fraction of sp³-hybridized carbons (Fsp3) is 0.636. The molecule has 21 heavy (non-hydrogen) atoms. The van der Waals surface area contributed by atoms with Gasteiger partial charge in [0, 0.05) is 19.6 Å². The Bertz CT molecular complexity index is 630. The summed E-state index contributed by atoms with van der Waals surface area (Å²) in [5.41, 5.74) is 0. The van der Waals surface area contributed by atoms with Crippen molar-refractivity contribution in [3.05, 3.63) is 23.8 Å². The van der Waals surface area contributed by atoms with E-state index in [9.17, 15) is 13.2 Å². The van der Waals surface area contributed by atoms with Gasteiger partial charge in [-0.05, 0) is 6.92 Å². The van der Waals surface area contributed by atoms with E-state index in [0.717, 1.165) is 10.4 Å². The summed E-state index contributed by atoms with van der Waals surface area (Å²) < 4.78 is 41.2. The van der Waals surface area contributed by atoms with Crippen LogP contribution in [0.25, 0.3) is 0 Å². The number of fused-ring (bicyclic) bond motifs is 1. The molecule has 1 aliphatic heterocycles. The molecular formula is C11H14F3N7. The molecule has 3 heterocycles. The lowest BCUT2D eigenvalue weighted by atomic mass is 10.3. The van der Waals surface area contributed by atoms with Gasteiger partial charge in [-0.3, -0.25) is 4.90 Å². The number of alkyl halides is 3. The van der Waals surface area contributed by atoms with Gasteiger partial charge >= 0.3 is 6.18 Å². The summed E-state index contributed by atoms with van der Waals surface area (Å²) in [6.45, 7) is 4.22. The van der Waals surface area contributed by atoms with Crippen molar-refractivity contribution >= 4 is 0 Å². The van der Waals surface area contributed by atoms with Gasteiger partial charge in [0.25, 0.3) is 0 Å². The van der Waals surface area contributed by atoms with Crippen LogP contribution < -0.4 is 0 Å². The van der Waals surface area contributed by atoms with Crippen LogP contribution >= 0.6 is 0 Å². The summed E-state index contributed by atoms with van der Waals surface area (Å²) in [4.78, 5) is 6.16. The standard InChI is InChI=1S/C11H14F3N7/c1-2-21-8(15-7-16-21)5-19-3-4-20-9(6-19)17-18-10(20)11(12,13)14/h7H,2-6H2,1H3. The van der Waals surface area contributed by atoms with E-state index >= 15 is 0 Å². The van der Waals surface area contributed by atoms with Crippen molar-refractivity contribution in [3.8, 4) is 0 Å². The van der Waals surface area contributed by atoms with E-state index in [2.05, 4.69) is 20.3 Å². The molecule has 7 nitrogen and oxygen atoms in total. The van der Waals surface area contributed by atoms with Crippen LogP contribution in [0.3, 0.4) is 0 Å². The summed E-state index contributed by atoms with van der Waals surface area (Å²) in [5, 5.41) is 11.0. The first kappa shape index (κ1) is 14.0. The van der Waals surface area contributed by atoms with Gasteiger partial charge in [-0.25, -0.2) is 9.67 Å². The highest BCUT2D eigenvalue weighted by molar-refractivity contribution is 5.02. The summed E-state index contributed by atoms with van der Waals surface area (Å²) in [6, 6.07) is 0. The zero-order chi connectivity index (χ0) is 15.0. The topological polar surface area (TPSA) is 64.7 Å². The van der Waals surface area contributed by atoms with Crippen LogP contribution in [0, 0.1) is 0 Å². The Kier molecular flexibility index (Phi) is 3.40. The van der Waals surface area contributed by atoms with Crippen LogP contribution in [0.4, 0.5) is 13.2 Å². The van der Waals surface area contributed by atoms with Crippen LogP contribution in [0.1, 0.15) is 24.4 Å². The number of rotatable bonds is 3. The first-order chi connectivity index (χ1) is 9.99. The SMILES string of the molecule is CCn1ncnc1CN1CCn2c(nnc2C(F)(F)F)C1. The molecule has 0 amide bonds. The molecular weight excluding hydrogens is 287 g/mol. The second-order valence-corrected chi connectivity index (χ2v) is 4.79. The number of hydrogen-bond donors (Lipinski definition) is 0. The highest BCUT2D eigenvalue weighted by atomic mass is 19.4. The van der Waals surface area contributed by atoms with E-state index in [-0.39, 0.29) is 6.54 Å². The van der Waals surface area contributed by atoms with Crippen molar-refractivity contribution in [3.63, 3.8) is 0 Å². The highest BCUT2D eigenvalue weighted by Gasteiger charge is 2.39. The average Bonchev–Trinajstić information content (AvgIpc) is 3.03.